The maximum Gasteiger partial charge on any atom is 0.139 e. The molecule has 0 spiro atoms. The Bertz CT molecular complexity index is 503. The molecular weight excluding hydrogens is 261 g/mol. The highest BCUT2D eigenvalue weighted by molar-refractivity contribution is 7.10. The fourth-order valence-corrected chi connectivity index (χ4v) is 2.14. The summed E-state index contributed by atoms with van der Waals surface area (Å²) in [5, 5.41) is 3.95. The van der Waals surface area contributed by atoms with E-state index in [9.17, 15) is 4.39 Å². The van der Waals surface area contributed by atoms with Gasteiger partial charge in [0.2, 0.25) is 0 Å². The van der Waals surface area contributed by atoms with Gasteiger partial charge in [0.25, 0.3) is 0 Å². The van der Waals surface area contributed by atoms with Gasteiger partial charge in [0.05, 0.1) is 6.54 Å². The van der Waals surface area contributed by atoms with Crippen molar-refractivity contribution in [1.29, 1.82) is 0 Å². The number of benzene rings is 1. The average molecular weight is 272 g/mol. The van der Waals surface area contributed by atoms with Crippen LogP contribution in [0.15, 0.2) is 24.3 Å². The normalized spacial score (nSPS) is 10.5. The number of halogens is 2. The van der Waals surface area contributed by atoms with Crippen LogP contribution in [0.4, 0.5) is 10.1 Å². The largest absolute Gasteiger partial charge is 0.366 e. The predicted molar refractivity (Wildman–Crippen MR) is 68.0 cm³/mol. The van der Waals surface area contributed by atoms with Crippen LogP contribution in [-0.2, 0) is 6.54 Å². The molecule has 0 fully saturated rings. The minimum Gasteiger partial charge on any atom is -0.366 e. The lowest BCUT2D eigenvalue weighted by Gasteiger charge is -2.21. The number of nitrogens with zero attached hydrogens (tertiary/aromatic N) is 3. The van der Waals surface area contributed by atoms with E-state index in [0.717, 1.165) is 29.5 Å². The third kappa shape index (κ3) is 2.92. The summed E-state index contributed by atoms with van der Waals surface area (Å²) in [6.45, 7) is 3.28. The third-order valence-corrected chi connectivity index (χ3v) is 3.39. The molecule has 1 aromatic heterocycles. The Kier molecular flexibility index (Phi) is 3.91. The summed E-state index contributed by atoms with van der Waals surface area (Å²) in [5.41, 5.74) is 1.54. The molecule has 1 heterocycles. The summed E-state index contributed by atoms with van der Waals surface area (Å²) < 4.78 is 17.5. The zero-order chi connectivity index (χ0) is 12.3. The Morgan fingerprint density at radius 1 is 1.47 bits per heavy atom. The Morgan fingerprint density at radius 3 is 2.88 bits per heavy atom. The van der Waals surface area contributed by atoms with E-state index >= 15 is 0 Å². The Labute approximate surface area is 108 Å². The van der Waals surface area contributed by atoms with Gasteiger partial charge >= 0.3 is 0 Å². The molecule has 0 N–H and O–H groups in total. The minimum absolute atomic E-state index is 0.247. The Hall–Kier alpha value is -1.20. The quantitative estimate of drug-likeness (QED) is 0.854. The van der Waals surface area contributed by atoms with Crippen LogP contribution in [0, 0.1) is 5.82 Å². The SMILES string of the molecule is CCN(Cc1nnsc1Cl)c1cccc(F)c1. The highest BCUT2D eigenvalue weighted by atomic mass is 35.5. The predicted octanol–water partition coefficient (Wildman–Crippen LogP) is 3.36. The second-order valence-electron chi connectivity index (χ2n) is 3.49. The molecule has 0 amide bonds. The van der Waals surface area contributed by atoms with Crippen LogP contribution in [0.5, 0.6) is 0 Å². The number of hydrogen-bond acceptors (Lipinski definition) is 4. The third-order valence-electron chi connectivity index (χ3n) is 2.41. The van der Waals surface area contributed by atoms with Crippen molar-refractivity contribution in [2.45, 2.75) is 13.5 Å². The van der Waals surface area contributed by atoms with E-state index in [2.05, 4.69) is 9.59 Å². The molecule has 17 heavy (non-hydrogen) atoms. The maximum absolute atomic E-state index is 13.1. The lowest BCUT2D eigenvalue weighted by Crippen LogP contribution is -2.22. The molecule has 0 atom stereocenters. The van der Waals surface area contributed by atoms with Gasteiger partial charge in [-0.15, -0.1) is 5.10 Å². The molecule has 0 saturated carbocycles. The van der Waals surface area contributed by atoms with E-state index in [0.29, 0.717) is 10.9 Å². The lowest BCUT2D eigenvalue weighted by atomic mass is 10.2. The molecule has 2 rings (SSSR count). The van der Waals surface area contributed by atoms with Crippen LogP contribution < -0.4 is 4.90 Å². The second-order valence-corrected chi connectivity index (χ2v) is 4.84. The highest BCUT2D eigenvalue weighted by Crippen LogP contribution is 2.22. The van der Waals surface area contributed by atoms with Gasteiger partial charge in [0.1, 0.15) is 15.8 Å². The van der Waals surface area contributed by atoms with E-state index < -0.39 is 0 Å². The molecule has 0 aliphatic rings. The second kappa shape index (κ2) is 5.42. The Morgan fingerprint density at radius 2 is 2.29 bits per heavy atom. The topological polar surface area (TPSA) is 29.0 Å². The van der Waals surface area contributed by atoms with Gasteiger partial charge < -0.3 is 4.90 Å². The first-order chi connectivity index (χ1) is 8.20. The fourth-order valence-electron chi connectivity index (χ4n) is 1.53. The average Bonchev–Trinajstić information content (AvgIpc) is 2.71. The van der Waals surface area contributed by atoms with Crippen molar-refractivity contribution >= 4 is 28.8 Å². The molecule has 0 saturated heterocycles. The molecule has 6 heteroatoms. The summed E-state index contributed by atoms with van der Waals surface area (Å²) in [6.07, 6.45) is 0. The van der Waals surface area contributed by atoms with Gasteiger partial charge in [0, 0.05) is 23.8 Å². The lowest BCUT2D eigenvalue weighted by molar-refractivity contribution is 0.626. The number of hydrogen-bond donors (Lipinski definition) is 0. The number of aromatic nitrogens is 2. The van der Waals surface area contributed by atoms with Crippen molar-refractivity contribution in [1.82, 2.24) is 9.59 Å². The van der Waals surface area contributed by atoms with Gasteiger partial charge in [-0.2, -0.15) is 0 Å². The molecule has 0 radical (unpaired) electrons. The molecule has 2 aromatic rings. The zero-order valence-electron chi connectivity index (χ0n) is 9.23. The van der Waals surface area contributed by atoms with Gasteiger partial charge in [-0.05, 0) is 25.1 Å². The van der Waals surface area contributed by atoms with Crippen LogP contribution in [-0.4, -0.2) is 16.1 Å². The molecule has 0 unspecified atom stereocenters. The van der Waals surface area contributed by atoms with Crippen molar-refractivity contribution in [3.8, 4) is 0 Å². The summed E-state index contributed by atoms with van der Waals surface area (Å²) in [6, 6.07) is 6.47. The molecule has 0 aliphatic heterocycles. The molecule has 3 nitrogen and oxygen atoms in total. The van der Waals surface area contributed by atoms with Crippen LogP contribution in [0.2, 0.25) is 4.34 Å². The molecule has 0 bridgehead atoms. The first kappa shape index (κ1) is 12.3. The molecular formula is C11H11ClFN3S. The monoisotopic (exact) mass is 271 g/mol. The molecule has 90 valence electrons. The summed E-state index contributed by atoms with van der Waals surface area (Å²) in [4.78, 5) is 1.99. The Balaban J connectivity index is 2.20. The summed E-state index contributed by atoms with van der Waals surface area (Å²) in [5.74, 6) is -0.247. The first-order valence-electron chi connectivity index (χ1n) is 5.18. The van der Waals surface area contributed by atoms with Gasteiger partial charge in [-0.25, -0.2) is 4.39 Å². The van der Waals surface area contributed by atoms with Crippen molar-refractivity contribution in [3.63, 3.8) is 0 Å². The summed E-state index contributed by atoms with van der Waals surface area (Å²) in [7, 11) is 0. The number of rotatable bonds is 4. The van der Waals surface area contributed by atoms with Crippen LogP contribution in [0.1, 0.15) is 12.6 Å². The van der Waals surface area contributed by atoms with Gasteiger partial charge in [0.15, 0.2) is 0 Å². The van der Waals surface area contributed by atoms with Gasteiger partial charge in [-0.3, -0.25) is 0 Å². The van der Waals surface area contributed by atoms with Crippen LogP contribution >= 0.6 is 23.1 Å². The zero-order valence-corrected chi connectivity index (χ0v) is 10.8. The maximum atomic E-state index is 13.1. The summed E-state index contributed by atoms with van der Waals surface area (Å²) >= 11 is 7.11. The van der Waals surface area contributed by atoms with Crippen LogP contribution in [0.3, 0.4) is 0 Å². The van der Waals surface area contributed by atoms with Crippen molar-refractivity contribution in [2.75, 3.05) is 11.4 Å². The van der Waals surface area contributed by atoms with E-state index in [-0.39, 0.29) is 5.82 Å². The van der Waals surface area contributed by atoms with Crippen molar-refractivity contribution in [2.24, 2.45) is 0 Å². The van der Waals surface area contributed by atoms with E-state index in [1.54, 1.807) is 6.07 Å². The smallest absolute Gasteiger partial charge is 0.139 e. The standard InChI is InChI=1S/C11H11ClFN3S/c1-2-16(7-10-11(12)17-15-14-10)9-5-3-4-8(13)6-9/h3-6H,2,7H2,1H3. The fraction of sp³-hybridized carbons (Fsp3) is 0.273. The van der Waals surface area contributed by atoms with Crippen molar-refractivity contribution < 1.29 is 4.39 Å². The van der Waals surface area contributed by atoms with Crippen LogP contribution in [0.25, 0.3) is 0 Å². The van der Waals surface area contributed by atoms with E-state index in [4.69, 9.17) is 11.6 Å². The highest BCUT2D eigenvalue weighted by Gasteiger charge is 2.11. The van der Waals surface area contributed by atoms with Gasteiger partial charge in [-0.1, -0.05) is 22.2 Å². The molecule has 1 aromatic carbocycles. The van der Waals surface area contributed by atoms with E-state index in [1.165, 1.54) is 12.1 Å². The minimum atomic E-state index is -0.247. The van der Waals surface area contributed by atoms with E-state index in [1.807, 2.05) is 17.9 Å². The van der Waals surface area contributed by atoms with Crippen molar-refractivity contribution in [3.05, 3.63) is 40.1 Å². The number of anilines is 1. The first-order valence-corrected chi connectivity index (χ1v) is 6.33. The molecule has 0 aliphatic carbocycles.